The first-order valence-electron chi connectivity index (χ1n) is 5.88. The number of carbonyl (C=O) groups is 1. The van der Waals surface area contributed by atoms with Crippen LogP contribution < -0.4 is 5.32 Å². The van der Waals surface area contributed by atoms with Crippen molar-refractivity contribution in [3.8, 4) is 0 Å². The van der Waals surface area contributed by atoms with E-state index < -0.39 is 5.97 Å². The summed E-state index contributed by atoms with van der Waals surface area (Å²) in [5, 5.41) is 15.6. The summed E-state index contributed by atoms with van der Waals surface area (Å²) in [7, 11) is 0. The molecule has 17 heavy (non-hydrogen) atoms. The number of nitrogens with zero attached hydrogens (tertiary/aromatic N) is 1. The van der Waals surface area contributed by atoms with Gasteiger partial charge in [-0.2, -0.15) is 0 Å². The van der Waals surface area contributed by atoms with Crippen molar-refractivity contribution in [3.05, 3.63) is 17.5 Å². The van der Waals surface area contributed by atoms with E-state index >= 15 is 0 Å². The minimum absolute atomic E-state index is 0.0337. The number of aromatic carboxylic acids is 1. The van der Waals surface area contributed by atoms with Gasteiger partial charge in [0.15, 0.2) is 11.5 Å². The van der Waals surface area contributed by atoms with Crippen molar-refractivity contribution < 1.29 is 14.4 Å². The van der Waals surface area contributed by atoms with Crippen LogP contribution in [0.3, 0.4) is 0 Å². The number of hydrogen-bond acceptors (Lipinski definition) is 4. The molecule has 1 aliphatic rings. The summed E-state index contributed by atoms with van der Waals surface area (Å²) in [4.78, 5) is 10.6. The van der Waals surface area contributed by atoms with E-state index in [-0.39, 0.29) is 5.69 Å². The van der Waals surface area contributed by atoms with Crippen molar-refractivity contribution in [2.45, 2.75) is 45.7 Å². The van der Waals surface area contributed by atoms with Crippen LogP contribution in [0.1, 0.15) is 49.4 Å². The Labute approximate surface area is 100 Å². The second kappa shape index (κ2) is 4.49. The molecule has 0 aromatic carbocycles. The molecule has 2 rings (SSSR count). The van der Waals surface area contributed by atoms with E-state index in [9.17, 15) is 4.79 Å². The standard InChI is InChI=1S/C12H18N2O3/c1-12(2)4-3-8(6-12)13-7-9-5-10(11(15)16)14-17-9/h5,8,13H,3-4,6-7H2,1-2H3,(H,15,16). The lowest BCUT2D eigenvalue weighted by atomic mass is 9.92. The van der Waals surface area contributed by atoms with Crippen LogP contribution in [0.4, 0.5) is 0 Å². The van der Waals surface area contributed by atoms with Gasteiger partial charge in [-0.05, 0) is 24.7 Å². The number of rotatable bonds is 4. The highest BCUT2D eigenvalue weighted by molar-refractivity contribution is 5.85. The number of hydrogen-bond donors (Lipinski definition) is 2. The zero-order valence-corrected chi connectivity index (χ0v) is 10.2. The molecule has 1 aliphatic carbocycles. The lowest BCUT2D eigenvalue weighted by Crippen LogP contribution is -2.26. The van der Waals surface area contributed by atoms with Gasteiger partial charge in [-0.3, -0.25) is 0 Å². The lowest BCUT2D eigenvalue weighted by Gasteiger charge is -2.17. The maximum Gasteiger partial charge on any atom is 0.358 e. The number of aromatic nitrogens is 1. The van der Waals surface area contributed by atoms with Gasteiger partial charge in [0, 0.05) is 12.1 Å². The van der Waals surface area contributed by atoms with Crippen molar-refractivity contribution in [2.75, 3.05) is 0 Å². The van der Waals surface area contributed by atoms with E-state index in [1.165, 1.54) is 12.5 Å². The Bertz CT molecular complexity index is 412. The molecule has 0 radical (unpaired) electrons. The highest BCUT2D eigenvalue weighted by Crippen LogP contribution is 2.36. The normalized spacial score (nSPS) is 22.8. The first kappa shape index (κ1) is 12.1. The summed E-state index contributed by atoms with van der Waals surface area (Å²) < 4.78 is 4.94. The third-order valence-electron chi connectivity index (χ3n) is 3.31. The number of carboxylic acids is 1. The molecule has 1 unspecified atom stereocenters. The molecule has 1 aromatic rings. The lowest BCUT2D eigenvalue weighted by molar-refractivity contribution is 0.0685. The fraction of sp³-hybridized carbons (Fsp3) is 0.667. The molecule has 0 aliphatic heterocycles. The molecule has 5 nitrogen and oxygen atoms in total. The third kappa shape index (κ3) is 3.06. The van der Waals surface area contributed by atoms with Crippen molar-refractivity contribution in [2.24, 2.45) is 5.41 Å². The molecular formula is C12H18N2O3. The SMILES string of the molecule is CC1(C)CCC(NCc2cc(C(=O)O)no2)C1. The Morgan fingerprint density at radius 2 is 2.47 bits per heavy atom. The van der Waals surface area contributed by atoms with Gasteiger partial charge in [0.25, 0.3) is 0 Å². The maximum absolute atomic E-state index is 10.6. The van der Waals surface area contributed by atoms with Gasteiger partial charge in [-0.1, -0.05) is 19.0 Å². The summed E-state index contributed by atoms with van der Waals surface area (Å²) >= 11 is 0. The van der Waals surface area contributed by atoms with Crippen LogP contribution in [0.25, 0.3) is 0 Å². The van der Waals surface area contributed by atoms with Gasteiger partial charge in [0.2, 0.25) is 0 Å². The molecule has 1 aromatic heterocycles. The fourth-order valence-corrected chi connectivity index (χ4v) is 2.35. The van der Waals surface area contributed by atoms with E-state index in [1.807, 2.05) is 0 Å². The zero-order valence-electron chi connectivity index (χ0n) is 10.2. The summed E-state index contributed by atoms with van der Waals surface area (Å²) in [6.45, 7) is 5.08. The predicted octanol–water partition coefficient (Wildman–Crippen LogP) is 2.04. The van der Waals surface area contributed by atoms with Crippen LogP contribution in [0.5, 0.6) is 0 Å². The van der Waals surface area contributed by atoms with E-state index in [4.69, 9.17) is 9.63 Å². The summed E-state index contributed by atoms with van der Waals surface area (Å²) in [6.07, 6.45) is 3.53. The maximum atomic E-state index is 10.6. The summed E-state index contributed by atoms with van der Waals surface area (Å²) in [5.74, 6) is -0.478. The highest BCUT2D eigenvalue weighted by Gasteiger charge is 2.30. The minimum atomic E-state index is -1.05. The van der Waals surface area contributed by atoms with E-state index in [0.29, 0.717) is 23.8 Å². The molecule has 94 valence electrons. The van der Waals surface area contributed by atoms with E-state index in [2.05, 4.69) is 24.3 Å². The average Bonchev–Trinajstić information content (AvgIpc) is 2.81. The Kier molecular flexibility index (Phi) is 3.19. The van der Waals surface area contributed by atoms with Crippen LogP contribution in [0.2, 0.25) is 0 Å². The van der Waals surface area contributed by atoms with Crippen molar-refractivity contribution in [1.82, 2.24) is 10.5 Å². The molecule has 1 heterocycles. The summed E-state index contributed by atoms with van der Waals surface area (Å²) in [5.41, 5.74) is 0.374. The quantitative estimate of drug-likeness (QED) is 0.839. The van der Waals surface area contributed by atoms with Gasteiger partial charge in [0.1, 0.15) is 0 Å². The van der Waals surface area contributed by atoms with Crippen molar-refractivity contribution in [3.63, 3.8) is 0 Å². The van der Waals surface area contributed by atoms with Gasteiger partial charge in [-0.15, -0.1) is 0 Å². The molecule has 1 fully saturated rings. The second-order valence-corrected chi connectivity index (χ2v) is 5.47. The van der Waals surface area contributed by atoms with Crippen LogP contribution in [0.15, 0.2) is 10.6 Å². The number of carboxylic acid groups (broad SMARTS) is 1. The molecule has 1 saturated carbocycles. The van der Waals surface area contributed by atoms with Crippen LogP contribution >= 0.6 is 0 Å². The van der Waals surface area contributed by atoms with E-state index in [0.717, 1.165) is 12.8 Å². The van der Waals surface area contributed by atoms with Crippen LogP contribution in [0, 0.1) is 5.41 Å². The fourth-order valence-electron chi connectivity index (χ4n) is 2.35. The van der Waals surface area contributed by atoms with Gasteiger partial charge < -0.3 is 14.9 Å². The zero-order chi connectivity index (χ0) is 12.5. The first-order valence-corrected chi connectivity index (χ1v) is 5.88. The second-order valence-electron chi connectivity index (χ2n) is 5.47. The summed E-state index contributed by atoms with van der Waals surface area (Å²) in [6, 6.07) is 1.96. The Morgan fingerprint density at radius 1 is 1.71 bits per heavy atom. The monoisotopic (exact) mass is 238 g/mol. The Balaban J connectivity index is 1.84. The van der Waals surface area contributed by atoms with Crippen molar-refractivity contribution >= 4 is 5.97 Å². The molecule has 5 heteroatoms. The first-order chi connectivity index (χ1) is 7.96. The molecular weight excluding hydrogens is 220 g/mol. The predicted molar refractivity (Wildman–Crippen MR) is 61.7 cm³/mol. The van der Waals surface area contributed by atoms with Crippen LogP contribution in [-0.2, 0) is 6.54 Å². The number of nitrogens with one attached hydrogen (secondary N) is 1. The minimum Gasteiger partial charge on any atom is -0.476 e. The smallest absolute Gasteiger partial charge is 0.358 e. The molecule has 0 amide bonds. The average molecular weight is 238 g/mol. The largest absolute Gasteiger partial charge is 0.476 e. The van der Waals surface area contributed by atoms with Gasteiger partial charge in [0.05, 0.1) is 6.54 Å². The van der Waals surface area contributed by atoms with Gasteiger partial charge in [-0.25, -0.2) is 4.79 Å². The molecule has 1 atom stereocenters. The highest BCUT2D eigenvalue weighted by atomic mass is 16.5. The molecule has 0 spiro atoms. The third-order valence-corrected chi connectivity index (χ3v) is 3.31. The molecule has 0 bridgehead atoms. The van der Waals surface area contributed by atoms with Crippen molar-refractivity contribution in [1.29, 1.82) is 0 Å². The van der Waals surface area contributed by atoms with Gasteiger partial charge >= 0.3 is 5.97 Å². The van der Waals surface area contributed by atoms with E-state index in [1.54, 1.807) is 0 Å². The Hall–Kier alpha value is -1.36. The molecule has 2 N–H and O–H groups in total. The van der Waals surface area contributed by atoms with Crippen LogP contribution in [-0.4, -0.2) is 22.3 Å². The topological polar surface area (TPSA) is 75.4 Å². The Morgan fingerprint density at radius 3 is 3.00 bits per heavy atom. The molecule has 0 saturated heterocycles.